The van der Waals surface area contributed by atoms with Gasteiger partial charge in [-0.25, -0.2) is 0 Å². The minimum atomic E-state index is -4.90. The first kappa shape index (κ1) is 26.4. The molecule has 0 spiro atoms. The molecule has 0 bridgehead atoms. The lowest BCUT2D eigenvalue weighted by molar-refractivity contribution is -0.137. The Bertz CT molecular complexity index is 1370. The number of ketones is 1. The topological polar surface area (TPSA) is 89.3 Å². The zero-order chi connectivity index (χ0) is 24.8. The molecule has 13 heteroatoms. The van der Waals surface area contributed by atoms with E-state index in [-0.39, 0.29) is 49.4 Å². The number of hydrogen-bond donors (Lipinski definition) is 0. The van der Waals surface area contributed by atoms with E-state index in [4.69, 9.17) is 0 Å². The van der Waals surface area contributed by atoms with Crippen LogP contribution in [-0.4, -0.2) is 36.4 Å². The summed E-state index contributed by atoms with van der Waals surface area (Å²) in [6.45, 7) is 1.95. The van der Waals surface area contributed by atoms with E-state index < -0.39 is 38.5 Å². The lowest BCUT2D eigenvalue weighted by atomic mass is 10.0. The fourth-order valence-corrected chi connectivity index (χ4v) is 4.24. The molecule has 0 aliphatic carbocycles. The number of Topliss-reactive ketones (excluding diaryl/α,β-unsaturated/α-hetero) is 1. The molecule has 1 aliphatic heterocycles. The monoisotopic (exact) mass is 529 g/mol. The van der Waals surface area contributed by atoms with Crippen LogP contribution in [0.25, 0.3) is 0 Å². The lowest BCUT2D eigenvalue weighted by Crippen LogP contribution is -2.43. The Balaban J connectivity index is 0.00000342. The highest BCUT2D eigenvalue weighted by Gasteiger charge is 2.35. The number of anilines is 1. The number of aromatic nitrogens is 2. The highest BCUT2D eigenvalue weighted by atomic mass is 32.3. The first-order chi connectivity index (χ1) is 15.9. The van der Waals surface area contributed by atoms with E-state index in [9.17, 15) is 35.1 Å². The summed E-state index contributed by atoms with van der Waals surface area (Å²) in [4.78, 5) is 26.7. The third-order valence-electron chi connectivity index (χ3n) is 5.50. The van der Waals surface area contributed by atoms with E-state index in [1.165, 1.54) is 40.0 Å². The zero-order valence-corrected chi connectivity index (χ0v) is 19.9. The number of amides is 1. The van der Waals surface area contributed by atoms with Crippen molar-refractivity contribution in [3.8, 4) is 0 Å². The Labute approximate surface area is 205 Å². The lowest BCUT2D eigenvalue weighted by Gasteiger charge is -2.32. The highest BCUT2D eigenvalue weighted by molar-refractivity contribution is 7.86. The van der Waals surface area contributed by atoms with Gasteiger partial charge in [0, 0.05) is 29.8 Å². The molecule has 2 aromatic carbocycles. The summed E-state index contributed by atoms with van der Waals surface area (Å²) in [5.74, 6) is -0.970. The molecule has 2 heterocycles. The van der Waals surface area contributed by atoms with Crippen molar-refractivity contribution in [2.75, 3.05) is 11.4 Å². The first-order valence-corrected chi connectivity index (χ1v) is 11.4. The molecular formula is C22H19F4N3O4S2. The first-order valence-electron chi connectivity index (χ1n) is 9.99. The van der Waals surface area contributed by atoms with Crippen LogP contribution in [0.2, 0.25) is 0 Å². The van der Waals surface area contributed by atoms with Gasteiger partial charge in [0.25, 0.3) is 5.91 Å². The standard InChI is InChI=1S/C22H17F4N3O4S.H2S/c1-13-12-28(17-6-4-16(5-7-17)22(23,24)25)21(31)20-15(11-27-29(13)20)10-19(30)14-2-8-18(9-3-14)34(26,32)33;/h2-9,11,13H,10,12H2,1H3;1H2/t13-;/m0./s1. The predicted molar refractivity (Wildman–Crippen MR) is 123 cm³/mol. The van der Waals surface area contributed by atoms with Crippen LogP contribution in [0.3, 0.4) is 0 Å². The van der Waals surface area contributed by atoms with E-state index >= 15 is 0 Å². The van der Waals surface area contributed by atoms with Crippen LogP contribution < -0.4 is 4.90 Å². The number of hydrogen-bond acceptors (Lipinski definition) is 5. The van der Waals surface area contributed by atoms with Gasteiger partial charge in [-0.05, 0) is 43.3 Å². The molecule has 0 unspecified atom stereocenters. The van der Waals surface area contributed by atoms with Crippen LogP contribution in [0.1, 0.15) is 44.9 Å². The smallest absolute Gasteiger partial charge is 0.305 e. The van der Waals surface area contributed by atoms with Crippen LogP contribution in [0.4, 0.5) is 22.7 Å². The summed E-state index contributed by atoms with van der Waals surface area (Å²) in [6, 6.07) is 8.18. The van der Waals surface area contributed by atoms with Gasteiger partial charge in [-0.3, -0.25) is 14.3 Å². The molecule has 3 aromatic rings. The maximum absolute atomic E-state index is 13.2. The van der Waals surface area contributed by atoms with Gasteiger partial charge in [0.05, 0.1) is 22.7 Å². The minimum Gasteiger partial charge on any atom is -0.305 e. The molecule has 186 valence electrons. The van der Waals surface area contributed by atoms with Gasteiger partial charge in [-0.2, -0.15) is 40.2 Å². The summed E-state index contributed by atoms with van der Waals surface area (Å²) >= 11 is 0. The van der Waals surface area contributed by atoms with Gasteiger partial charge in [-0.1, -0.05) is 12.1 Å². The molecule has 1 aliphatic rings. The summed E-state index contributed by atoms with van der Waals surface area (Å²) in [7, 11) is -4.90. The van der Waals surface area contributed by atoms with Crippen LogP contribution in [0.15, 0.2) is 59.6 Å². The van der Waals surface area contributed by atoms with Crippen molar-refractivity contribution in [1.82, 2.24) is 9.78 Å². The van der Waals surface area contributed by atoms with E-state index in [0.717, 1.165) is 24.3 Å². The Kier molecular flexibility index (Phi) is 7.14. The van der Waals surface area contributed by atoms with Gasteiger partial charge in [-0.15, -0.1) is 3.89 Å². The Morgan fingerprint density at radius 1 is 1.09 bits per heavy atom. The molecule has 4 rings (SSSR count). The van der Waals surface area contributed by atoms with E-state index in [0.29, 0.717) is 5.56 Å². The molecule has 1 atom stereocenters. The second kappa shape index (κ2) is 9.46. The van der Waals surface area contributed by atoms with Crippen LogP contribution in [-0.2, 0) is 22.8 Å². The molecular weight excluding hydrogens is 510 g/mol. The Morgan fingerprint density at radius 2 is 1.69 bits per heavy atom. The van der Waals surface area contributed by atoms with E-state index in [2.05, 4.69) is 5.10 Å². The van der Waals surface area contributed by atoms with Gasteiger partial charge < -0.3 is 4.90 Å². The van der Waals surface area contributed by atoms with Crippen LogP contribution in [0, 0.1) is 0 Å². The van der Waals surface area contributed by atoms with Crippen LogP contribution in [0.5, 0.6) is 0 Å². The summed E-state index contributed by atoms with van der Waals surface area (Å²) in [5.41, 5.74) is -0.00637. The van der Waals surface area contributed by atoms with Gasteiger partial charge in [0.1, 0.15) is 5.69 Å². The van der Waals surface area contributed by atoms with Gasteiger partial charge in [0.15, 0.2) is 5.78 Å². The molecule has 0 fully saturated rings. The molecule has 0 saturated heterocycles. The Hall–Kier alpha value is -3.19. The van der Waals surface area contributed by atoms with Crippen molar-refractivity contribution < 1.29 is 35.1 Å². The van der Waals surface area contributed by atoms with Gasteiger partial charge in [0.2, 0.25) is 0 Å². The van der Waals surface area contributed by atoms with E-state index in [1.807, 2.05) is 0 Å². The average Bonchev–Trinajstić information content (AvgIpc) is 3.20. The highest BCUT2D eigenvalue weighted by Crippen LogP contribution is 2.33. The third-order valence-corrected chi connectivity index (χ3v) is 6.33. The van der Waals surface area contributed by atoms with Crippen molar-refractivity contribution >= 4 is 41.1 Å². The van der Waals surface area contributed by atoms with Crippen molar-refractivity contribution in [2.24, 2.45) is 0 Å². The fraction of sp³-hybridized carbons (Fsp3) is 0.227. The van der Waals surface area contributed by atoms with Gasteiger partial charge >= 0.3 is 16.4 Å². The summed E-state index contributed by atoms with van der Waals surface area (Å²) in [6.07, 6.45) is -3.37. The minimum absolute atomic E-state index is 0. The maximum atomic E-state index is 13.2. The molecule has 35 heavy (non-hydrogen) atoms. The maximum Gasteiger partial charge on any atom is 0.416 e. The third kappa shape index (κ3) is 5.25. The number of carbonyl (C=O) groups is 2. The van der Waals surface area contributed by atoms with Crippen LogP contribution >= 0.6 is 13.5 Å². The molecule has 0 N–H and O–H groups in total. The number of alkyl halides is 3. The Morgan fingerprint density at radius 3 is 2.23 bits per heavy atom. The largest absolute Gasteiger partial charge is 0.416 e. The summed E-state index contributed by atoms with van der Waals surface area (Å²) < 4.78 is 75.1. The molecule has 1 amide bonds. The summed E-state index contributed by atoms with van der Waals surface area (Å²) in [5, 5.41) is 4.20. The molecule has 1 aromatic heterocycles. The number of rotatable bonds is 5. The number of halogens is 4. The second-order valence-electron chi connectivity index (χ2n) is 7.83. The molecule has 7 nitrogen and oxygen atoms in total. The van der Waals surface area contributed by atoms with Crippen molar-refractivity contribution in [2.45, 2.75) is 30.5 Å². The average molecular weight is 530 g/mol. The van der Waals surface area contributed by atoms with E-state index in [1.54, 1.807) is 6.92 Å². The number of carbonyl (C=O) groups excluding carboxylic acids is 2. The number of benzene rings is 2. The normalized spacial score (nSPS) is 16.0. The second-order valence-corrected chi connectivity index (χ2v) is 9.18. The van der Waals surface area contributed by atoms with Crippen molar-refractivity contribution in [3.05, 3.63) is 77.1 Å². The number of fused-ring (bicyclic) bond motifs is 1. The predicted octanol–water partition coefficient (Wildman–Crippen LogP) is 4.32. The number of nitrogens with zero attached hydrogens (tertiary/aromatic N) is 3. The quantitative estimate of drug-likeness (QED) is 0.279. The zero-order valence-electron chi connectivity index (χ0n) is 18.1. The van der Waals surface area contributed by atoms with Crippen molar-refractivity contribution in [1.29, 1.82) is 0 Å². The SMILES string of the molecule is C[C@H]1CN(c2ccc(C(F)(F)F)cc2)C(=O)c2c(CC(=O)c3ccc(S(=O)(=O)F)cc3)cnn21.S. The molecule has 0 saturated carbocycles. The van der Waals surface area contributed by atoms with Crippen molar-refractivity contribution in [3.63, 3.8) is 0 Å². The fourth-order valence-electron chi connectivity index (χ4n) is 3.78. The molecule has 0 radical (unpaired) electrons.